The third kappa shape index (κ3) is 2.40. The molecule has 0 atom stereocenters. The average Bonchev–Trinajstić information content (AvgIpc) is 2.81. The molecular weight excluding hydrogens is 188 g/mol. The Morgan fingerprint density at radius 2 is 2.20 bits per heavy atom. The zero-order chi connectivity index (χ0) is 10.6. The summed E-state index contributed by atoms with van der Waals surface area (Å²) in [7, 11) is 0. The number of nitriles is 1. The number of hydrogen-bond acceptors (Lipinski definition) is 3. The zero-order valence-corrected chi connectivity index (χ0v) is 8.83. The van der Waals surface area contributed by atoms with Crippen LogP contribution in [0.4, 0.5) is 0 Å². The summed E-state index contributed by atoms with van der Waals surface area (Å²) in [5.74, 6) is 0.898. The molecule has 1 N–H and O–H groups in total. The van der Waals surface area contributed by atoms with Crippen molar-refractivity contribution < 1.29 is 4.42 Å². The molecule has 1 saturated carbocycles. The van der Waals surface area contributed by atoms with Gasteiger partial charge in [-0.1, -0.05) is 19.3 Å². The number of furan rings is 1. The van der Waals surface area contributed by atoms with E-state index in [1.807, 2.05) is 12.1 Å². The highest BCUT2D eigenvalue weighted by atomic mass is 16.3. The molecule has 3 heteroatoms. The van der Waals surface area contributed by atoms with E-state index in [1.165, 1.54) is 6.42 Å². The van der Waals surface area contributed by atoms with Gasteiger partial charge in [-0.05, 0) is 25.0 Å². The van der Waals surface area contributed by atoms with Crippen molar-refractivity contribution in [2.24, 2.45) is 0 Å². The summed E-state index contributed by atoms with van der Waals surface area (Å²) in [5.41, 5.74) is -0.314. The lowest BCUT2D eigenvalue weighted by Crippen LogP contribution is -2.44. The Balaban J connectivity index is 1.93. The van der Waals surface area contributed by atoms with Crippen LogP contribution in [0.5, 0.6) is 0 Å². The van der Waals surface area contributed by atoms with Crippen molar-refractivity contribution in [1.29, 1.82) is 5.26 Å². The van der Waals surface area contributed by atoms with E-state index in [0.29, 0.717) is 6.54 Å². The quantitative estimate of drug-likeness (QED) is 0.823. The summed E-state index contributed by atoms with van der Waals surface area (Å²) in [6, 6.07) is 6.23. The van der Waals surface area contributed by atoms with Crippen molar-refractivity contribution in [3.8, 4) is 6.07 Å². The minimum absolute atomic E-state index is 0.314. The van der Waals surface area contributed by atoms with E-state index < -0.39 is 0 Å². The predicted molar refractivity (Wildman–Crippen MR) is 57.0 cm³/mol. The van der Waals surface area contributed by atoms with Gasteiger partial charge in [-0.15, -0.1) is 0 Å². The first-order valence-corrected chi connectivity index (χ1v) is 5.53. The molecule has 0 radical (unpaired) electrons. The normalized spacial score (nSPS) is 19.7. The molecule has 1 aliphatic rings. The molecule has 1 aromatic heterocycles. The van der Waals surface area contributed by atoms with Crippen LogP contribution in [0.2, 0.25) is 0 Å². The molecule has 15 heavy (non-hydrogen) atoms. The maximum atomic E-state index is 9.23. The molecular formula is C12H16N2O. The molecule has 0 amide bonds. The Labute approximate surface area is 90.1 Å². The van der Waals surface area contributed by atoms with E-state index in [0.717, 1.165) is 31.4 Å². The molecule has 1 heterocycles. The highest BCUT2D eigenvalue weighted by Crippen LogP contribution is 2.27. The number of nitrogens with zero attached hydrogens (tertiary/aromatic N) is 1. The minimum Gasteiger partial charge on any atom is -0.468 e. The van der Waals surface area contributed by atoms with Crippen LogP contribution in [0.25, 0.3) is 0 Å². The van der Waals surface area contributed by atoms with Gasteiger partial charge in [0.2, 0.25) is 0 Å². The topological polar surface area (TPSA) is 49.0 Å². The van der Waals surface area contributed by atoms with Crippen LogP contribution in [0.15, 0.2) is 22.8 Å². The van der Waals surface area contributed by atoms with Gasteiger partial charge >= 0.3 is 0 Å². The van der Waals surface area contributed by atoms with Crippen LogP contribution in [-0.4, -0.2) is 5.54 Å². The van der Waals surface area contributed by atoms with Crippen molar-refractivity contribution in [2.75, 3.05) is 0 Å². The smallest absolute Gasteiger partial charge is 0.117 e. The predicted octanol–water partition coefficient (Wildman–Crippen LogP) is 2.60. The molecule has 0 saturated heterocycles. The van der Waals surface area contributed by atoms with E-state index in [1.54, 1.807) is 6.26 Å². The van der Waals surface area contributed by atoms with Crippen molar-refractivity contribution in [2.45, 2.75) is 44.2 Å². The molecule has 1 aromatic rings. The Kier molecular flexibility index (Phi) is 3.08. The van der Waals surface area contributed by atoms with Crippen LogP contribution in [0, 0.1) is 11.3 Å². The van der Waals surface area contributed by atoms with Gasteiger partial charge in [0.15, 0.2) is 0 Å². The Bertz CT molecular complexity index is 331. The Morgan fingerprint density at radius 1 is 1.40 bits per heavy atom. The maximum absolute atomic E-state index is 9.23. The second-order valence-corrected chi connectivity index (χ2v) is 4.19. The number of hydrogen-bond donors (Lipinski definition) is 1. The van der Waals surface area contributed by atoms with Gasteiger partial charge in [-0.2, -0.15) is 5.26 Å². The maximum Gasteiger partial charge on any atom is 0.117 e. The van der Waals surface area contributed by atoms with Crippen LogP contribution < -0.4 is 5.32 Å². The molecule has 80 valence electrons. The van der Waals surface area contributed by atoms with Gasteiger partial charge in [0.05, 0.1) is 18.9 Å². The largest absolute Gasteiger partial charge is 0.468 e. The van der Waals surface area contributed by atoms with E-state index in [-0.39, 0.29) is 5.54 Å². The number of nitrogens with one attached hydrogen (secondary N) is 1. The molecule has 0 aromatic carbocycles. The second-order valence-electron chi connectivity index (χ2n) is 4.19. The molecule has 0 aliphatic heterocycles. The second kappa shape index (κ2) is 4.50. The van der Waals surface area contributed by atoms with Gasteiger partial charge in [0.25, 0.3) is 0 Å². The standard InChI is InChI=1S/C12H16N2O/c13-10-12(6-2-1-3-7-12)14-9-11-5-4-8-15-11/h4-5,8,14H,1-3,6-7,9H2. The van der Waals surface area contributed by atoms with E-state index in [2.05, 4.69) is 11.4 Å². The highest BCUT2D eigenvalue weighted by Gasteiger charge is 2.31. The summed E-state index contributed by atoms with van der Waals surface area (Å²) < 4.78 is 5.24. The molecule has 2 rings (SSSR count). The van der Waals surface area contributed by atoms with Crippen LogP contribution >= 0.6 is 0 Å². The van der Waals surface area contributed by atoms with Crippen LogP contribution in [0.3, 0.4) is 0 Å². The lowest BCUT2D eigenvalue weighted by molar-refractivity contribution is 0.286. The van der Waals surface area contributed by atoms with Gasteiger partial charge in [-0.25, -0.2) is 0 Å². The minimum atomic E-state index is -0.314. The first-order valence-electron chi connectivity index (χ1n) is 5.53. The summed E-state index contributed by atoms with van der Waals surface area (Å²) in [6.07, 6.45) is 7.15. The fraction of sp³-hybridized carbons (Fsp3) is 0.583. The van der Waals surface area contributed by atoms with Crippen LogP contribution in [-0.2, 0) is 6.54 Å². The molecule has 1 fully saturated rings. The van der Waals surface area contributed by atoms with E-state index in [9.17, 15) is 5.26 Å². The number of rotatable bonds is 3. The summed E-state index contributed by atoms with van der Waals surface area (Å²) in [5, 5.41) is 12.6. The molecule has 1 aliphatic carbocycles. The summed E-state index contributed by atoms with van der Waals surface area (Å²) in [4.78, 5) is 0. The van der Waals surface area contributed by atoms with E-state index >= 15 is 0 Å². The van der Waals surface area contributed by atoms with Crippen molar-refractivity contribution in [3.63, 3.8) is 0 Å². The highest BCUT2D eigenvalue weighted by molar-refractivity contribution is 5.10. The summed E-state index contributed by atoms with van der Waals surface area (Å²) >= 11 is 0. The van der Waals surface area contributed by atoms with Crippen molar-refractivity contribution in [1.82, 2.24) is 5.32 Å². The fourth-order valence-corrected chi connectivity index (χ4v) is 2.15. The van der Waals surface area contributed by atoms with Gasteiger partial charge in [0.1, 0.15) is 11.3 Å². The lowest BCUT2D eigenvalue weighted by Gasteiger charge is -2.31. The first-order chi connectivity index (χ1) is 7.35. The first kappa shape index (κ1) is 10.3. The molecule has 0 unspecified atom stereocenters. The average molecular weight is 204 g/mol. The summed E-state index contributed by atoms with van der Waals surface area (Å²) in [6.45, 7) is 0.653. The monoisotopic (exact) mass is 204 g/mol. The Morgan fingerprint density at radius 3 is 2.80 bits per heavy atom. The third-order valence-electron chi connectivity index (χ3n) is 3.10. The van der Waals surface area contributed by atoms with Gasteiger partial charge in [0, 0.05) is 0 Å². The Hall–Kier alpha value is -1.27. The van der Waals surface area contributed by atoms with Gasteiger partial charge < -0.3 is 4.42 Å². The van der Waals surface area contributed by atoms with E-state index in [4.69, 9.17) is 4.42 Å². The van der Waals surface area contributed by atoms with Crippen molar-refractivity contribution >= 4 is 0 Å². The zero-order valence-electron chi connectivity index (χ0n) is 8.83. The fourth-order valence-electron chi connectivity index (χ4n) is 2.15. The lowest BCUT2D eigenvalue weighted by atomic mass is 9.83. The third-order valence-corrected chi connectivity index (χ3v) is 3.10. The molecule has 0 bridgehead atoms. The molecule has 3 nitrogen and oxygen atoms in total. The van der Waals surface area contributed by atoms with Crippen LogP contribution in [0.1, 0.15) is 37.9 Å². The van der Waals surface area contributed by atoms with Crippen molar-refractivity contribution in [3.05, 3.63) is 24.2 Å². The SMILES string of the molecule is N#CC1(NCc2ccco2)CCCCC1. The molecule has 0 spiro atoms. The van der Waals surface area contributed by atoms with Gasteiger partial charge in [-0.3, -0.25) is 5.32 Å².